The third-order valence-corrected chi connectivity index (χ3v) is 12.2. The van der Waals surface area contributed by atoms with Crippen LogP contribution in [0.25, 0.3) is 0 Å². The average molecular weight is 817 g/mol. The summed E-state index contributed by atoms with van der Waals surface area (Å²) in [6.45, 7) is 17.3. The van der Waals surface area contributed by atoms with Crippen LogP contribution in [0.5, 0.6) is 0 Å². The van der Waals surface area contributed by atoms with Crippen LogP contribution >= 0.6 is 48.8 Å². The Labute approximate surface area is 338 Å². The van der Waals surface area contributed by atoms with E-state index in [0.29, 0.717) is 36.5 Å². The summed E-state index contributed by atoms with van der Waals surface area (Å²) in [5, 5.41) is 33.3. The molecule has 0 saturated heterocycles. The van der Waals surface area contributed by atoms with E-state index in [1.54, 1.807) is 23.5 Å². The van der Waals surface area contributed by atoms with Gasteiger partial charge in [0.1, 0.15) is 0 Å². The number of aliphatic carboxylic acids is 4. The van der Waals surface area contributed by atoms with Crippen molar-refractivity contribution in [2.24, 2.45) is 23.7 Å². The molecule has 6 unspecified atom stereocenters. The highest BCUT2D eigenvalue weighted by Gasteiger charge is 2.18. The Kier molecular flexibility index (Phi) is 48.0. The lowest BCUT2D eigenvalue weighted by molar-refractivity contribution is -0.137. The molecular formula is C40H80O8S4. The Balaban J connectivity index is -0.000000295. The molecule has 6 atom stereocenters. The van der Waals surface area contributed by atoms with Gasteiger partial charge in [0.25, 0.3) is 0 Å². The molecule has 0 aromatic heterocycles. The normalized spacial score (nSPS) is 14.0. The molecule has 0 spiro atoms. The molecule has 0 aliphatic carbocycles. The molecule has 0 heterocycles. The van der Waals surface area contributed by atoms with Crippen LogP contribution in [0.1, 0.15) is 171 Å². The molecule has 0 aromatic carbocycles. The summed E-state index contributed by atoms with van der Waals surface area (Å²) < 4.78 is 0. The van der Waals surface area contributed by atoms with Gasteiger partial charge in [0.05, 0.1) is 22.0 Å². The molecule has 8 nitrogen and oxygen atoms in total. The SMILES string of the molecule is CCCCC(CC)CC(S)C(=O)O.CCCCC(CC)CC(S)C(=O)O.CCCCC(CC)CSCC(=O)O.CCCCC(CC)CSCC(=O)O. The van der Waals surface area contributed by atoms with Crippen LogP contribution in [0.2, 0.25) is 0 Å². The van der Waals surface area contributed by atoms with E-state index >= 15 is 0 Å². The molecule has 0 aliphatic rings. The topological polar surface area (TPSA) is 149 Å². The van der Waals surface area contributed by atoms with Crippen LogP contribution < -0.4 is 0 Å². The molecule has 0 aromatic rings. The van der Waals surface area contributed by atoms with Crippen LogP contribution in [0, 0.1) is 23.7 Å². The van der Waals surface area contributed by atoms with Crippen LogP contribution in [-0.4, -0.2) is 77.8 Å². The van der Waals surface area contributed by atoms with E-state index in [4.69, 9.17) is 20.4 Å². The molecule has 0 fully saturated rings. The van der Waals surface area contributed by atoms with E-state index in [-0.39, 0.29) is 11.5 Å². The number of unbranched alkanes of at least 4 members (excludes halogenated alkanes) is 4. The lowest BCUT2D eigenvalue weighted by Crippen LogP contribution is -2.17. The van der Waals surface area contributed by atoms with Gasteiger partial charge in [-0.15, -0.1) is 23.5 Å². The highest BCUT2D eigenvalue weighted by atomic mass is 32.2. The average Bonchev–Trinajstić information content (AvgIpc) is 3.11. The van der Waals surface area contributed by atoms with Crippen molar-refractivity contribution in [3.05, 3.63) is 0 Å². The summed E-state index contributed by atoms with van der Waals surface area (Å²) >= 11 is 11.2. The quantitative estimate of drug-likeness (QED) is 0.0387. The molecule has 0 amide bonds. The first-order chi connectivity index (χ1) is 24.6. The van der Waals surface area contributed by atoms with Gasteiger partial charge in [-0.2, -0.15) is 25.3 Å². The summed E-state index contributed by atoms with van der Waals surface area (Å²) in [6.07, 6.45) is 20.4. The molecule has 0 bridgehead atoms. The second kappa shape index (κ2) is 43.0. The van der Waals surface area contributed by atoms with Crippen molar-refractivity contribution >= 4 is 72.7 Å². The maximum atomic E-state index is 10.5. The number of carboxylic acid groups (broad SMARTS) is 4. The Bertz CT molecular complexity index is 767. The van der Waals surface area contributed by atoms with E-state index in [9.17, 15) is 19.2 Å². The first kappa shape index (κ1) is 58.0. The molecule has 12 heteroatoms. The first-order valence-electron chi connectivity index (χ1n) is 20.0. The van der Waals surface area contributed by atoms with Gasteiger partial charge in [0, 0.05) is 0 Å². The zero-order valence-electron chi connectivity index (χ0n) is 34.2. The third kappa shape index (κ3) is 43.7. The lowest BCUT2D eigenvalue weighted by atomic mass is 9.94. The minimum atomic E-state index is -0.793. The van der Waals surface area contributed by atoms with Crippen LogP contribution in [0.15, 0.2) is 0 Å². The summed E-state index contributed by atoms with van der Waals surface area (Å²) in [4.78, 5) is 41.6. The van der Waals surface area contributed by atoms with Crippen LogP contribution in [-0.2, 0) is 19.2 Å². The van der Waals surface area contributed by atoms with Gasteiger partial charge in [-0.3, -0.25) is 19.2 Å². The van der Waals surface area contributed by atoms with Gasteiger partial charge in [-0.25, -0.2) is 0 Å². The van der Waals surface area contributed by atoms with Crippen molar-refractivity contribution in [3.63, 3.8) is 0 Å². The van der Waals surface area contributed by atoms with Gasteiger partial charge in [0.2, 0.25) is 0 Å². The van der Waals surface area contributed by atoms with E-state index in [0.717, 1.165) is 37.2 Å². The largest absolute Gasteiger partial charge is 0.481 e. The Morgan fingerprint density at radius 3 is 0.904 bits per heavy atom. The van der Waals surface area contributed by atoms with Crippen LogP contribution in [0.3, 0.4) is 0 Å². The van der Waals surface area contributed by atoms with Crippen molar-refractivity contribution in [2.75, 3.05) is 23.0 Å². The number of carboxylic acids is 4. The molecule has 4 N–H and O–H groups in total. The highest BCUT2D eigenvalue weighted by Crippen LogP contribution is 2.22. The number of hydrogen-bond acceptors (Lipinski definition) is 8. The van der Waals surface area contributed by atoms with Crippen molar-refractivity contribution in [2.45, 2.75) is 181 Å². The summed E-state index contributed by atoms with van der Waals surface area (Å²) in [5.41, 5.74) is 0. The number of thiol groups is 2. The van der Waals surface area contributed by atoms with Crippen molar-refractivity contribution in [1.29, 1.82) is 0 Å². The fourth-order valence-corrected chi connectivity index (χ4v) is 7.87. The maximum Gasteiger partial charge on any atom is 0.316 e. The minimum absolute atomic E-state index is 0.253. The molecule has 52 heavy (non-hydrogen) atoms. The summed E-state index contributed by atoms with van der Waals surface area (Å²) in [6, 6.07) is 0. The predicted octanol–water partition coefficient (Wildman–Crippen LogP) is 12.0. The van der Waals surface area contributed by atoms with Crippen molar-refractivity contribution in [3.8, 4) is 0 Å². The Morgan fingerprint density at radius 2 is 0.712 bits per heavy atom. The zero-order chi connectivity index (χ0) is 40.7. The van der Waals surface area contributed by atoms with Gasteiger partial charge < -0.3 is 20.4 Å². The molecular weight excluding hydrogens is 737 g/mol. The third-order valence-electron chi connectivity index (χ3n) is 9.01. The molecule has 0 rings (SSSR count). The van der Waals surface area contributed by atoms with Crippen molar-refractivity contribution in [1.82, 2.24) is 0 Å². The monoisotopic (exact) mass is 816 g/mol. The minimum Gasteiger partial charge on any atom is -0.481 e. The second-order valence-electron chi connectivity index (χ2n) is 13.7. The molecule has 0 aliphatic heterocycles. The van der Waals surface area contributed by atoms with E-state index in [2.05, 4.69) is 80.6 Å². The maximum absolute atomic E-state index is 10.5. The standard InChI is InChI=1S/4C10H20O2S/c2*1-3-5-6-9(4-2)7-13-8-10(11)12;2*1-3-5-6-8(4-2)7-9(13)10(11)12/h2*9H,3-8H2,1-2H3,(H,11,12);2*8-9,13H,3-7H2,1-2H3,(H,11,12). The Morgan fingerprint density at radius 1 is 0.462 bits per heavy atom. The first-order valence-corrected chi connectivity index (χ1v) is 23.4. The number of thioether (sulfide) groups is 2. The second-order valence-corrected chi connectivity index (χ2v) is 17.0. The number of hydrogen-bond donors (Lipinski definition) is 6. The van der Waals surface area contributed by atoms with Crippen LogP contribution in [0.4, 0.5) is 0 Å². The molecule has 312 valence electrons. The van der Waals surface area contributed by atoms with Gasteiger partial charge in [-0.1, -0.05) is 145 Å². The smallest absolute Gasteiger partial charge is 0.316 e. The number of carbonyl (C=O) groups is 4. The molecule has 0 saturated carbocycles. The fraction of sp³-hybridized carbons (Fsp3) is 0.900. The van der Waals surface area contributed by atoms with Crippen molar-refractivity contribution < 1.29 is 39.6 Å². The van der Waals surface area contributed by atoms with E-state index in [1.807, 2.05) is 0 Å². The lowest BCUT2D eigenvalue weighted by Gasteiger charge is -2.15. The van der Waals surface area contributed by atoms with E-state index in [1.165, 1.54) is 77.0 Å². The zero-order valence-corrected chi connectivity index (χ0v) is 37.6. The van der Waals surface area contributed by atoms with Gasteiger partial charge in [0.15, 0.2) is 0 Å². The highest BCUT2D eigenvalue weighted by molar-refractivity contribution is 8.00. The van der Waals surface area contributed by atoms with Gasteiger partial charge in [-0.05, 0) is 60.9 Å². The van der Waals surface area contributed by atoms with Gasteiger partial charge >= 0.3 is 23.9 Å². The number of rotatable bonds is 30. The van der Waals surface area contributed by atoms with E-state index < -0.39 is 34.4 Å². The fourth-order valence-electron chi connectivity index (χ4n) is 5.22. The summed E-state index contributed by atoms with van der Waals surface area (Å²) in [5.74, 6) is 2.00. The summed E-state index contributed by atoms with van der Waals surface area (Å²) in [7, 11) is 0. The predicted molar refractivity (Wildman–Crippen MR) is 233 cm³/mol. The Hall–Kier alpha value is -0.720. The molecule has 0 radical (unpaired) electrons.